The molecule has 1 unspecified atom stereocenters. The van der Waals surface area contributed by atoms with Crippen LogP contribution in [0.5, 0.6) is 5.75 Å². The molecule has 0 saturated heterocycles. The Morgan fingerprint density at radius 2 is 1.92 bits per heavy atom. The number of amides is 2. The van der Waals surface area contributed by atoms with Crippen LogP contribution in [-0.2, 0) is 4.79 Å². The summed E-state index contributed by atoms with van der Waals surface area (Å²) in [5.41, 5.74) is 0.938. The van der Waals surface area contributed by atoms with Crippen molar-refractivity contribution >= 4 is 46.4 Å². The molecule has 136 valence electrons. The first kappa shape index (κ1) is 18.5. The van der Waals surface area contributed by atoms with Gasteiger partial charge in [0.05, 0.1) is 18.7 Å². The molecule has 26 heavy (non-hydrogen) atoms. The third-order valence-corrected chi connectivity index (χ3v) is 4.78. The van der Waals surface area contributed by atoms with E-state index in [1.54, 1.807) is 18.2 Å². The molecule has 2 aromatic carbocycles. The molecule has 2 aromatic rings. The largest absolute Gasteiger partial charge is 0.495 e. The molecule has 2 N–H and O–H groups in total. The van der Waals surface area contributed by atoms with Crippen molar-refractivity contribution in [3.8, 4) is 5.75 Å². The summed E-state index contributed by atoms with van der Waals surface area (Å²) >= 11 is 11.8. The van der Waals surface area contributed by atoms with Gasteiger partial charge in [0.1, 0.15) is 15.9 Å². The van der Waals surface area contributed by atoms with E-state index in [1.807, 2.05) is 0 Å². The lowest BCUT2D eigenvalue weighted by Gasteiger charge is -2.13. The first-order valence-electron chi connectivity index (χ1n) is 7.74. The smallest absolute Gasteiger partial charge is 0.255 e. The number of methoxy groups -OCH3 is 1. The fourth-order valence-electron chi connectivity index (χ4n) is 2.43. The van der Waals surface area contributed by atoms with E-state index in [9.17, 15) is 14.0 Å². The molecule has 0 heterocycles. The van der Waals surface area contributed by atoms with Crippen LogP contribution in [0.3, 0.4) is 0 Å². The normalized spacial score (nSPS) is 17.3. The highest BCUT2D eigenvalue weighted by Crippen LogP contribution is 2.53. The SMILES string of the molecule is COc1ccc(NC(=O)C2CC2(Cl)Cl)cc1NC(=O)c1cccc(F)c1. The Bertz CT molecular complexity index is 873. The summed E-state index contributed by atoms with van der Waals surface area (Å²) < 4.78 is 17.5. The lowest BCUT2D eigenvalue weighted by molar-refractivity contribution is -0.117. The van der Waals surface area contributed by atoms with Crippen molar-refractivity contribution in [1.82, 2.24) is 0 Å². The molecule has 5 nitrogen and oxygen atoms in total. The molecular formula is C18H15Cl2FN2O3. The Labute approximate surface area is 159 Å². The number of anilines is 2. The van der Waals surface area contributed by atoms with Crippen LogP contribution in [0, 0.1) is 11.7 Å². The Morgan fingerprint density at radius 1 is 1.19 bits per heavy atom. The molecular weight excluding hydrogens is 382 g/mol. The minimum Gasteiger partial charge on any atom is -0.495 e. The third-order valence-electron chi connectivity index (χ3n) is 3.94. The van der Waals surface area contributed by atoms with E-state index in [2.05, 4.69) is 10.6 Å². The van der Waals surface area contributed by atoms with E-state index in [0.29, 0.717) is 23.5 Å². The summed E-state index contributed by atoms with van der Waals surface area (Å²) in [5, 5.41) is 5.34. The zero-order valence-electron chi connectivity index (χ0n) is 13.7. The molecule has 2 amide bonds. The second-order valence-electron chi connectivity index (χ2n) is 5.89. The molecule has 0 aromatic heterocycles. The summed E-state index contributed by atoms with van der Waals surface area (Å²) in [6.45, 7) is 0. The van der Waals surface area contributed by atoms with Crippen LogP contribution in [0.4, 0.5) is 15.8 Å². The lowest BCUT2D eigenvalue weighted by atomic mass is 10.2. The highest BCUT2D eigenvalue weighted by molar-refractivity contribution is 6.52. The Morgan fingerprint density at radius 3 is 2.54 bits per heavy atom. The number of hydrogen-bond donors (Lipinski definition) is 2. The molecule has 1 aliphatic carbocycles. The number of rotatable bonds is 5. The average Bonchev–Trinajstić information content (AvgIpc) is 3.24. The van der Waals surface area contributed by atoms with E-state index in [-0.39, 0.29) is 11.5 Å². The van der Waals surface area contributed by atoms with E-state index < -0.39 is 22.0 Å². The zero-order valence-corrected chi connectivity index (χ0v) is 15.2. The molecule has 0 radical (unpaired) electrons. The highest BCUT2D eigenvalue weighted by atomic mass is 35.5. The Hall–Kier alpha value is -2.31. The standard InChI is InChI=1S/C18H15Cl2FN2O3/c1-26-15-6-5-12(22-17(25)13-9-18(13,19)20)8-14(15)23-16(24)10-3-2-4-11(21)7-10/h2-8,13H,9H2,1H3,(H,22,25)(H,23,24). The van der Waals surface area contributed by atoms with Gasteiger partial charge in [0.25, 0.3) is 5.91 Å². The molecule has 1 saturated carbocycles. The first-order valence-corrected chi connectivity index (χ1v) is 8.49. The van der Waals surface area contributed by atoms with Crippen LogP contribution in [0.25, 0.3) is 0 Å². The van der Waals surface area contributed by atoms with Crippen molar-refractivity contribution < 1.29 is 18.7 Å². The monoisotopic (exact) mass is 396 g/mol. The average molecular weight is 397 g/mol. The van der Waals surface area contributed by atoms with Crippen LogP contribution in [0.15, 0.2) is 42.5 Å². The van der Waals surface area contributed by atoms with Gasteiger partial charge in [-0.05, 0) is 42.8 Å². The van der Waals surface area contributed by atoms with Crippen LogP contribution in [0.2, 0.25) is 0 Å². The van der Waals surface area contributed by atoms with Gasteiger partial charge in [-0.25, -0.2) is 4.39 Å². The number of hydrogen-bond acceptors (Lipinski definition) is 3. The molecule has 1 aliphatic rings. The maximum atomic E-state index is 13.3. The molecule has 1 fully saturated rings. The van der Waals surface area contributed by atoms with Crippen LogP contribution >= 0.6 is 23.2 Å². The van der Waals surface area contributed by atoms with Gasteiger partial charge in [-0.2, -0.15) is 0 Å². The molecule has 0 spiro atoms. The van der Waals surface area contributed by atoms with Crippen LogP contribution in [-0.4, -0.2) is 23.3 Å². The van der Waals surface area contributed by atoms with Crippen molar-refractivity contribution in [1.29, 1.82) is 0 Å². The number of carbonyl (C=O) groups is 2. The number of ether oxygens (including phenoxy) is 1. The van der Waals surface area contributed by atoms with E-state index in [0.717, 1.165) is 6.07 Å². The van der Waals surface area contributed by atoms with E-state index in [1.165, 1.54) is 25.3 Å². The van der Waals surface area contributed by atoms with Gasteiger partial charge in [0.15, 0.2) is 0 Å². The van der Waals surface area contributed by atoms with E-state index in [4.69, 9.17) is 27.9 Å². The van der Waals surface area contributed by atoms with Crippen molar-refractivity contribution in [3.63, 3.8) is 0 Å². The van der Waals surface area contributed by atoms with Crippen molar-refractivity contribution in [2.45, 2.75) is 10.8 Å². The number of carbonyl (C=O) groups excluding carboxylic acids is 2. The molecule has 0 bridgehead atoms. The summed E-state index contributed by atoms with van der Waals surface area (Å²) in [6.07, 6.45) is 0.390. The molecule has 3 rings (SSSR count). The van der Waals surface area contributed by atoms with Gasteiger partial charge >= 0.3 is 0 Å². The summed E-state index contributed by atoms with van der Waals surface area (Å²) in [7, 11) is 1.45. The van der Waals surface area contributed by atoms with E-state index >= 15 is 0 Å². The maximum Gasteiger partial charge on any atom is 0.255 e. The van der Waals surface area contributed by atoms with Gasteiger partial charge in [-0.15, -0.1) is 23.2 Å². The Balaban J connectivity index is 1.77. The molecule has 8 heteroatoms. The first-order chi connectivity index (χ1) is 12.3. The lowest BCUT2D eigenvalue weighted by Crippen LogP contribution is -2.17. The maximum absolute atomic E-state index is 13.3. The Kier molecular flexibility index (Phi) is 5.07. The van der Waals surface area contributed by atoms with Crippen molar-refractivity contribution in [2.75, 3.05) is 17.7 Å². The second-order valence-corrected chi connectivity index (χ2v) is 7.43. The third kappa shape index (κ3) is 4.08. The molecule has 0 aliphatic heterocycles. The van der Waals surface area contributed by atoms with Gasteiger partial charge in [-0.1, -0.05) is 6.07 Å². The second kappa shape index (κ2) is 7.13. The van der Waals surface area contributed by atoms with Crippen molar-refractivity contribution in [2.24, 2.45) is 5.92 Å². The minimum atomic E-state index is -1.02. The quantitative estimate of drug-likeness (QED) is 0.743. The fraction of sp³-hybridized carbons (Fsp3) is 0.222. The predicted molar refractivity (Wildman–Crippen MR) is 98.5 cm³/mol. The summed E-state index contributed by atoms with van der Waals surface area (Å²) in [4.78, 5) is 24.4. The number of nitrogens with one attached hydrogen (secondary N) is 2. The zero-order chi connectivity index (χ0) is 18.9. The van der Waals surface area contributed by atoms with Gasteiger partial charge in [0.2, 0.25) is 5.91 Å². The molecule has 1 atom stereocenters. The summed E-state index contributed by atoms with van der Waals surface area (Å²) in [5.74, 6) is -1.40. The predicted octanol–water partition coefficient (Wildman–Crippen LogP) is 4.22. The van der Waals surface area contributed by atoms with Crippen LogP contribution in [0.1, 0.15) is 16.8 Å². The topological polar surface area (TPSA) is 67.4 Å². The number of benzene rings is 2. The highest BCUT2D eigenvalue weighted by Gasteiger charge is 2.56. The van der Waals surface area contributed by atoms with Crippen molar-refractivity contribution in [3.05, 3.63) is 53.8 Å². The van der Waals surface area contributed by atoms with Gasteiger partial charge in [0, 0.05) is 11.3 Å². The van der Waals surface area contributed by atoms with Crippen LogP contribution < -0.4 is 15.4 Å². The number of alkyl halides is 2. The van der Waals surface area contributed by atoms with Gasteiger partial charge in [-0.3, -0.25) is 9.59 Å². The fourth-order valence-corrected chi connectivity index (χ4v) is 2.94. The number of halogens is 3. The van der Waals surface area contributed by atoms with Gasteiger partial charge < -0.3 is 15.4 Å². The minimum absolute atomic E-state index is 0.161. The summed E-state index contributed by atoms with van der Waals surface area (Å²) in [6, 6.07) is 10.1.